The second kappa shape index (κ2) is 9.56. The van der Waals surface area contributed by atoms with Crippen molar-refractivity contribution < 1.29 is 24.2 Å². The van der Waals surface area contributed by atoms with Gasteiger partial charge in [0.2, 0.25) is 0 Å². The standard InChI is InChI=1S/C26H38O5/c1-16(12-13-20-25(5,6)31-20)10-9-11-17(2)14-15-26(7)19(4)21(24(29)30-8)22(27)18(3)23(26)28/h10,14,20,27H,9,11-13,15H2,1-8H3/b16-10+,17-14+. The maximum atomic E-state index is 13.0. The molecule has 0 saturated carbocycles. The summed E-state index contributed by atoms with van der Waals surface area (Å²) in [5.41, 5.74) is 2.63. The first kappa shape index (κ1) is 25.1. The second-order valence-electron chi connectivity index (χ2n) is 9.72. The van der Waals surface area contributed by atoms with E-state index in [1.165, 1.54) is 18.3 Å². The number of carbonyl (C=O) groups excluding carboxylic acids is 2. The van der Waals surface area contributed by atoms with Gasteiger partial charge in [0.25, 0.3) is 0 Å². The van der Waals surface area contributed by atoms with Crippen LogP contribution >= 0.6 is 0 Å². The van der Waals surface area contributed by atoms with Crippen LogP contribution in [0.3, 0.4) is 0 Å². The van der Waals surface area contributed by atoms with Gasteiger partial charge in [-0.25, -0.2) is 4.79 Å². The third-order valence-corrected chi connectivity index (χ3v) is 6.88. The summed E-state index contributed by atoms with van der Waals surface area (Å²) in [7, 11) is 1.27. The molecule has 2 atom stereocenters. The van der Waals surface area contributed by atoms with Gasteiger partial charge in [-0.3, -0.25) is 4.79 Å². The van der Waals surface area contributed by atoms with E-state index < -0.39 is 11.4 Å². The molecule has 1 fully saturated rings. The van der Waals surface area contributed by atoms with Gasteiger partial charge >= 0.3 is 5.97 Å². The number of aliphatic hydroxyl groups excluding tert-OH is 1. The van der Waals surface area contributed by atoms with Crippen molar-refractivity contribution in [1.82, 2.24) is 0 Å². The van der Waals surface area contributed by atoms with Crippen molar-refractivity contribution in [3.63, 3.8) is 0 Å². The Morgan fingerprint density at radius 1 is 1.13 bits per heavy atom. The number of esters is 1. The molecule has 1 aliphatic heterocycles. The quantitative estimate of drug-likeness (QED) is 0.279. The molecule has 0 bridgehead atoms. The van der Waals surface area contributed by atoms with E-state index in [1.807, 2.05) is 6.92 Å². The third-order valence-electron chi connectivity index (χ3n) is 6.88. The lowest BCUT2D eigenvalue weighted by atomic mass is 9.68. The number of ether oxygens (including phenoxy) is 2. The van der Waals surface area contributed by atoms with Crippen LogP contribution in [0.2, 0.25) is 0 Å². The molecule has 1 saturated heterocycles. The van der Waals surface area contributed by atoms with Gasteiger partial charge in [-0.15, -0.1) is 0 Å². The van der Waals surface area contributed by atoms with E-state index in [0.29, 0.717) is 18.1 Å². The Labute approximate surface area is 186 Å². The fourth-order valence-corrected chi connectivity index (χ4v) is 4.16. The predicted octanol–water partition coefficient (Wildman–Crippen LogP) is 5.92. The Morgan fingerprint density at radius 3 is 2.26 bits per heavy atom. The number of hydrogen-bond donors (Lipinski definition) is 1. The van der Waals surface area contributed by atoms with E-state index in [4.69, 9.17) is 9.47 Å². The molecule has 0 radical (unpaired) electrons. The van der Waals surface area contributed by atoms with Crippen molar-refractivity contribution in [2.75, 3.05) is 7.11 Å². The smallest absolute Gasteiger partial charge is 0.341 e. The predicted molar refractivity (Wildman–Crippen MR) is 123 cm³/mol. The summed E-state index contributed by atoms with van der Waals surface area (Å²) in [6.45, 7) is 13.6. The SMILES string of the molecule is COC(=O)C1=C(C)C(C)(C/C=C(\C)CC/C=C(\C)CCC2OC2(C)C)C(=O)C(C)=C1O. The fraction of sp³-hybridized carbons (Fsp3) is 0.615. The van der Waals surface area contributed by atoms with Crippen LogP contribution in [0.1, 0.15) is 80.6 Å². The van der Waals surface area contributed by atoms with Gasteiger partial charge in [-0.2, -0.15) is 0 Å². The van der Waals surface area contributed by atoms with Crippen LogP contribution in [-0.4, -0.2) is 35.7 Å². The highest BCUT2D eigenvalue weighted by Gasteiger charge is 2.47. The van der Waals surface area contributed by atoms with Crippen molar-refractivity contribution in [3.05, 3.63) is 45.8 Å². The van der Waals surface area contributed by atoms with Crippen molar-refractivity contribution in [2.24, 2.45) is 5.41 Å². The summed E-state index contributed by atoms with van der Waals surface area (Å²) in [5, 5.41) is 10.3. The second-order valence-corrected chi connectivity index (χ2v) is 9.72. The maximum absolute atomic E-state index is 13.0. The molecular formula is C26H38O5. The van der Waals surface area contributed by atoms with Crippen LogP contribution in [0.25, 0.3) is 0 Å². The Bertz CT molecular complexity index is 868. The first-order valence-electron chi connectivity index (χ1n) is 11.1. The molecule has 2 aliphatic rings. The summed E-state index contributed by atoms with van der Waals surface area (Å²) in [5.74, 6) is -1.04. The Balaban J connectivity index is 2.00. The summed E-state index contributed by atoms with van der Waals surface area (Å²) in [6, 6.07) is 0. The molecule has 2 rings (SSSR count). The molecule has 5 heteroatoms. The number of allylic oxidation sites excluding steroid dienone is 6. The van der Waals surface area contributed by atoms with Crippen molar-refractivity contribution in [1.29, 1.82) is 0 Å². The molecule has 0 aromatic rings. The maximum Gasteiger partial charge on any atom is 0.341 e. The van der Waals surface area contributed by atoms with E-state index in [0.717, 1.165) is 25.7 Å². The monoisotopic (exact) mass is 430 g/mol. The molecule has 5 nitrogen and oxygen atoms in total. The van der Waals surface area contributed by atoms with Gasteiger partial charge in [0.15, 0.2) is 5.78 Å². The molecular weight excluding hydrogens is 392 g/mol. The highest BCUT2D eigenvalue weighted by molar-refractivity contribution is 6.08. The molecule has 1 N–H and O–H groups in total. The molecule has 1 heterocycles. The highest BCUT2D eigenvalue weighted by Crippen LogP contribution is 2.43. The average Bonchev–Trinajstić information content (AvgIpc) is 3.34. The zero-order valence-corrected chi connectivity index (χ0v) is 20.3. The minimum absolute atomic E-state index is 0.0525. The number of epoxide rings is 1. The lowest BCUT2D eigenvalue weighted by molar-refractivity contribution is -0.136. The topological polar surface area (TPSA) is 76.1 Å². The summed E-state index contributed by atoms with van der Waals surface area (Å²) in [4.78, 5) is 25.2. The third kappa shape index (κ3) is 5.57. The number of hydrogen-bond acceptors (Lipinski definition) is 5. The van der Waals surface area contributed by atoms with E-state index in [9.17, 15) is 14.7 Å². The molecule has 1 aliphatic carbocycles. The summed E-state index contributed by atoms with van der Waals surface area (Å²) in [6.07, 6.45) is 9.22. The summed E-state index contributed by atoms with van der Waals surface area (Å²) < 4.78 is 10.5. The Kier molecular flexibility index (Phi) is 7.75. The lowest BCUT2D eigenvalue weighted by Crippen LogP contribution is -2.36. The zero-order chi connectivity index (χ0) is 23.6. The van der Waals surface area contributed by atoms with E-state index >= 15 is 0 Å². The number of rotatable bonds is 9. The van der Waals surface area contributed by atoms with Crippen molar-refractivity contribution in [2.45, 2.75) is 92.3 Å². The van der Waals surface area contributed by atoms with Crippen LogP contribution < -0.4 is 0 Å². The van der Waals surface area contributed by atoms with Crippen LogP contribution in [0.15, 0.2) is 45.8 Å². The number of Topliss-reactive ketones (excluding diaryl/α,β-unsaturated/α-hetero) is 1. The largest absolute Gasteiger partial charge is 0.507 e. The van der Waals surface area contributed by atoms with E-state index in [1.54, 1.807) is 13.8 Å². The highest BCUT2D eigenvalue weighted by atomic mass is 16.6. The van der Waals surface area contributed by atoms with Gasteiger partial charge in [0.05, 0.1) is 24.2 Å². The van der Waals surface area contributed by atoms with Gasteiger partial charge in [-0.1, -0.05) is 23.3 Å². The molecule has 0 spiro atoms. The van der Waals surface area contributed by atoms with Crippen molar-refractivity contribution in [3.8, 4) is 0 Å². The normalized spacial score (nSPS) is 26.5. The lowest BCUT2D eigenvalue weighted by Gasteiger charge is -2.34. The number of carbonyl (C=O) groups is 2. The number of ketones is 1. The first-order chi connectivity index (χ1) is 14.3. The van der Waals surface area contributed by atoms with Crippen LogP contribution in [0, 0.1) is 5.41 Å². The minimum atomic E-state index is -0.871. The van der Waals surface area contributed by atoms with Crippen molar-refractivity contribution >= 4 is 11.8 Å². The zero-order valence-electron chi connectivity index (χ0n) is 20.3. The average molecular weight is 431 g/mol. The molecule has 0 aromatic heterocycles. The molecule has 0 amide bonds. The Morgan fingerprint density at radius 2 is 1.71 bits per heavy atom. The van der Waals surface area contributed by atoms with Gasteiger partial charge in [-0.05, 0) is 86.1 Å². The molecule has 2 unspecified atom stereocenters. The molecule has 0 aromatic carbocycles. The van der Waals surface area contributed by atoms with Crippen LogP contribution in [0.5, 0.6) is 0 Å². The van der Waals surface area contributed by atoms with E-state index in [2.05, 4.69) is 39.8 Å². The van der Waals surface area contributed by atoms with E-state index in [-0.39, 0.29) is 28.3 Å². The molecule has 172 valence electrons. The fourth-order valence-electron chi connectivity index (χ4n) is 4.16. The van der Waals surface area contributed by atoms with Gasteiger partial charge < -0.3 is 14.6 Å². The van der Waals surface area contributed by atoms with Gasteiger partial charge in [0.1, 0.15) is 11.3 Å². The van der Waals surface area contributed by atoms with Crippen LogP contribution in [-0.2, 0) is 19.1 Å². The van der Waals surface area contributed by atoms with Gasteiger partial charge in [0, 0.05) is 5.57 Å². The first-order valence-corrected chi connectivity index (χ1v) is 11.1. The summed E-state index contributed by atoms with van der Waals surface area (Å²) >= 11 is 0. The minimum Gasteiger partial charge on any atom is -0.507 e. The molecule has 31 heavy (non-hydrogen) atoms. The number of aliphatic hydroxyl groups is 1. The number of methoxy groups -OCH3 is 1. The Hall–Kier alpha value is -2.14. The van der Waals surface area contributed by atoms with Crippen LogP contribution in [0.4, 0.5) is 0 Å².